The third-order valence-electron chi connectivity index (χ3n) is 2.24. The van der Waals surface area contributed by atoms with Crippen molar-refractivity contribution in [3.05, 3.63) is 33.8 Å². The SMILES string of the molecule is CC(CC(=O)O)CC(=O)c1cc(Cl)cc(Cl)c1. The molecule has 17 heavy (non-hydrogen) atoms. The van der Waals surface area contributed by atoms with E-state index in [1.165, 1.54) is 12.1 Å². The number of halogens is 2. The number of ketones is 1. The van der Waals surface area contributed by atoms with Crippen molar-refractivity contribution in [3.63, 3.8) is 0 Å². The second kappa shape index (κ2) is 6.03. The second-order valence-corrected chi connectivity index (χ2v) is 4.86. The zero-order valence-electron chi connectivity index (χ0n) is 9.24. The molecule has 1 aromatic carbocycles. The number of carbonyl (C=O) groups is 2. The lowest BCUT2D eigenvalue weighted by Gasteiger charge is -2.08. The molecule has 0 spiro atoms. The molecule has 0 amide bonds. The highest BCUT2D eigenvalue weighted by Gasteiger charge is 2.15. The molecule has 3 nitrogen and oxygen atoms in total. The Morgan fingerprint density at radius 1 is 1.18 bits per heavy atom. The summed E-state index contributed by atoms with van der Waals surface area (Å²) in [4.78, 5) is 22.3. The molecule has 1 atom stereocenters. The molecule has 0 aliphatic rings. The van der Waals surface area contributed by atoms with Crippen LogP contribution in [-0.2, 0) is 4.79 Å². The summed E-state index contributed by atoms with van der Waals surface area (Å²) in [5.74, 6) is -1.27. The molecule has 0 bridgehead atoms. The van der Waals surface area contributed by atoms with Gasteiger partial charge in [0.25, 0.3) is 0 Å². The fourth-order valence-electron chi connectivity index (χ4n) is 1.52. The summed E-state index contributed by atoms with van der Waals surface area (Å²) in [5.41, 5.74) is 0.416. The Morgan fingerprint density at radius 3 is 2.18 bits per heavy atom. The van der Waals surface area contributed by atoms with Crippen LogP contribution in [0.2, 0.25) is 10.0 Å². The largest absolute Gasteiger partial charge is 0.481 e. The third kappa shape index (κ3) is 4.75. The number of Topliss-reactive ketones (excluding diaryl/α,β-unsaturated/α-hetero) is 1. The number of benzene rings is 1. The summed E-state index contributed by atoms with van der Waals surface area (Å²) in [7, 11) is 0. The van der Waals surface area contributed by atoms with Gasteiger partial charge in [-0.15, -0.1) is 0 Å². The molecular weight excluding hydrogens is 263 g/mol. The Labute approximate surface area is 109 Å². The molecule has 0 aliphatic heterocycles. The van der Waals surface area contributed by atoms with Crippen LogP contribution in [-0.4, -0.2) is 16.9 Å². The second-order valence-electron chi connectivity index (χ2n) is 3.99. The Kier molecular flexibility index (Phi) is 4.97. The monoisotopic (exact) mass is 274 g/mol. The van der Waals surface area contributed by atoms with Crippen LogP contribution in [0.25, 0.3) is 0 Å². The van der Waals surface area contributed by atoms with Gasteiger partial charge in [0.05, 0.1) is 0 Å². The van der Waals surface area contributed by atoms with Gasteiger partial charge in [-0.2, -0.15) is 0 Å². The molecule has 1 aromatic rings. The summed E-state index contributed by atoms with van der Waals surface area (Å²) in [6, 6.07) is 4.60. The number of carboxylic acid groups (broad SMARTS) is 1. The molecule has 0 heterocycles. The average Bonchev–Trinajstić information content (AvgIpc) is 2.14. The van der Waals surface area contributed by atoms with Crippen LogP contribution in [0.3, 0.4) is 0 Å². The first kappa shape index (κ1) is 14.0. The minimum Gasteiger partial charge on any atom is -0.481 e. The summed E-state index contributed by atoms with van der Waals surface area (Å²) >= 11 is 11.6. The quantitative estimate of drug-likeness (QED) is 0.834. The Morgan fingerprint density at radius 2 is 1.71 bits per heavy atom. The van der Waals surface area contributed by atoms with Crippen molar-refractivity contribution in [2.45, 2.75) is 19.8 Å². The maximum Gasteiger partial charge on any atom is 0.303 e. The fourth-order valence-corrected chi connectivity index (χ4v) is 2.05. The molecule has 92 valence electrons. The summed E-state index contributed by atoms with van der Waals surface area (Å²) in [6.45, 7) is 1.72. The van der Waals surface area contributed by atoms with E-state index >= 15 is 0 Å². The van der Waals surface area contributed by atoms with Crippen LogP contribution in [0.15, 0.2) is 18.2 Å². The first-order valence-electron chi connectivity index (χ1n) is 5.09. The zero-order chi connectivity index (χ0) is 13.0. The van der Waals surface area contributed by atoms with E-state index < -0.39 is 5.97 Å². The first-order valence-corrected chi connectivity index (χ1v) is 5.85. The standard InChI is InChI=1S/C12H12Cl2O3/c1-7(3-12(16)17)2-11(15)8-4-9(13)6-10(14)5-8/h4-7H,2-3H2,1H3,(H,16,17). The van der Waals surface area contributed by atoms with E-state index in [0.717, 1.165) is 0 Å². The summed E-state index contributed by atoms with van der Waals surface area (Å²) in [6.07, 6.45) is 0.142. The van der Waals surface area contributed by atoms with E-state index in [0.29, 0.717) is 15.6 Å². The molecule has 1 N–H and O–H groups in total. The maximum absolute atomic E-state index is 11.8. The van der Waals surface area contributed by atoms with E-state index in [4.69, 9.17) is 28.3 Å². The molecule has 5 heteroatoms. The number of aliphatic carboxylic acids is 1. The number of hydrogen-bond acceptors (Lipinski definition) is 2. The summed E-state index contributed by atoms with van der Waals surface area (Å²) < 4.78 is 0. The van der Waals surface area contributed by atoms with Gasteiger partial charge >= 0.3 is 5.97 Å². The molecular formula is C12H12Cl2O3. The van der Waals surface area contributed by atoms with Crippen molar-refractivity contribution < 1.29 is 14.7 Å². The van der Waals surface area contributed by atoms with Crippen molar-refractivity contribution in [3.8, 4) is 0 Å². The van der Waals surface area contributed by atoms with Crippen molar-refractivity contribution in [1.29, 1.82) is 0 Å². The van der Waals surface area contributed by atoms with Gasteiger partial charge in [0, 0.05) is 28.5 Å². The van der Waals surface area contributed by atoms with Crippen LogP contribution in [0, 0.1) is 5.92 Å². The molecule has 1 rings (SSSR count). The zero-order valence-corrected chi connectivity index (χ0v) is 10.8. The molecule has 1 unspecified atom stereocenters. The van der Waals surface area contributed by atoms with Crippen LogP contribution in [0.5, 0.6) is 0 Å². The lowest BCUT2D eigenvalue weighted by molar-refractivity contribution is -0.137. The third-order valence-corrected chi connectivity index (χ3v) is 2.68. The minimum atomic E-state index is -0.908. The van der Waals surface area contributed by atoms with E-state index in [1.54, 1.807) is 13.0 Å². The van der Waals surface area contributed by atoms with Gasteiger partial charge < -0.3 is 5.11 Å². The first-order chi connectivity index (χ1) is 7.88. The van der Waals surface area contributed by atoms with E-state index in [2.05, 4.69) is 0 Å². The smallest absolute Gasteiger partial charge is 0.303 e. The average molecular weight is 275 g/mol. The van der Waals surface area contributed by atoms with Gasteiger partial charge in [-0.3, -0.25) is 9.59 Å². The highest BCUT2D eigenvalue weighted by molar-refractivity contribution is 6.35. The van der Waals surface area contributed by atoms with Crippen molar-refractivity contribution >= 4 is 35.0 Å². The molecule has 0 saturated heterocycles. The Bertz CT molecular complexity index is 423. The number of hydrogen-bond donors (Lipinski definition) is 1. The molecule has 0 radical (unpaired) electrons. The van der Waals surface area contributed by atoms with Crippen molar-refractivity contribution in [1.82, 2.24) is 0 Å². The van der Waals surface area contributed by atoms with E-state index in [-0.39, 0.29) is 24.5 Å². The molecule has 0 saturated carbocycles. The fraction of sp³-hybridized carbons (Fsp3) is 0.333. The molecule has 0 fully saturated rings. The predicted octanol–water partition coefficient (Wildman–Crippen LogP) is 3.68. The van der Waals surface area contributed by atoms with E-state index in [9.17, 15) is 9.59 Å². The van der Waals surface area contributed by atoms with Crippen LogP contribution >= 0.6 is 23.2 Å². The van der Waals surface area contributed by atoms with Gasteiger partial charge in [0.1, 0.15) is 0 Å². The van der Waals surface area contributed by atoms with Crippen LogP contribution in [0.1, 0.15) is 30.1 Å². The van der Waals surface area contributed by atoms with E-state index in [1.807, 2.05) is 0 Å². The highest BCUT2D eigenvalue weighted by Crippen LogP contribution is 2.21. The Balaban J connectivity index is 2.72. The van der Waals surface area contributed by atoms with Gasteiger partial charge in [-0.05, 0) is 24.1 Å². The number of rotatable bonds is 5. The highest BCUT2D eigenvalue weighted by atomic mass is 35.5. The predicted molar refractivity (Wildman–Crippen MR) is 66.8 cm³/mol. The lowest BCUT2D eigenvalue weighted by Crippen LogP contribution is -2.10. The topological polar surface area (TPSA) is 54.4 Å². The van der Waals surface area contributed by atoms with Crippen LogP contribution < -0.4 is 0 Å². The molecule has 0 aromatic heterocycles. The lowest BCUT2D eigenvalue weighted by atomic mass is 9.97. The molecule has 0 aliphatic carbocycles. The number of carboxylic acids is 1. The van der Waals surface area contributed by atoms with Crippen molar-refractivity contribution in [2.24, 2.45) is 5.92 Å². The maximum atomic E-state index is 11.8. The van der Waals surface area contributed by atoms with Gasteiger partial charge in [-0.1, -0.05) is 30.1 Å². The van der Waals surface area contributed by atoms with Gasteiger partial charge in [-0.25, -0.2) is 0 Å². The number of carbonyl (C=O) groups excluding carboxylic acids is 1. The van der Waals surface area contributed by atoms with Gasteiger partial charge in [0.2, 0.25) is 0 Å². The van der Waals surface area contributed by atoms with Crippen LogP contribution in [0.4, 0.5) is 0 Å². The van der Waals surface area contributed by atoms with Crippen molar-refractivity contribution in [2.75, 3.05) is 0 Å². The summed E-state index contributed by atoms with van der Waals surface area (Å²) in [5, 5.41) is 9.39. The Hall–Kier alpha value is -1.06. The normalized spacial score (nSPS) is 12.2. The minimum absolute atomic E-state index is 0.0277. The van der Waals surface area contributed by atoms with Gasteiger partial charge in [0.15, 0.2) is 5.78 Å².